The molecular formula is C19H26ClNO3. The van der Waals surface area contributed by atoms with Crippen LogP contribution in [0.15, 0.2) is 24.3 Å². The number of benzene rings is 1. The van der Waals surface area contributed by atoms with Gasteiger partial charge in [-0.15, -0.1) is 0 Å². The number of piperidine rings is 1. The Morgan fingerprint density at radius 1 is 1.38 bits per heavy atom. The number of halogens is 1. The van der Waals surface area contributed by atoms with E-state index in [0.717, 1.165) is 18.4 Å². The minimum atomic E-state index is -0.691. The third kappa shape index (κ3) is 4.29. The second-order valence-electron chi connectivity index (χ2n) is 6.83. The van der Waals surface area contributed by atoms with Crippen LogP contribution < -0.4 is 0 Å². The van der Waals surface area contributed by atoms with Crippen LogP contribution in [0.1, 0.15) is 39.2 Å². The van der Waals surface area contributed by atoms with E-state index in [2.05, 4.69) is 0 Å². The summed E-state index contributed by atoms with van der Waals surface area (Å²) in [6.45, 7) is 7.04. The van der Waals surface area contributed by atoms with Gasteiger partial charge in [0.15, 0.2) is 0 Å². The maximum absolute atomic E-state index is 12.8. The summed E-state index contributed by atoms with van der Waals surface area (Å²) < 4.78 is 5.37. The highest BCUT2D eigenvalue weighted by molar-refractivity contribution is 6.30. The van der Waals surface area contributed by atoms with E-state index in [-0.39, 0.29) is 17.8 Å². The number of amides is 1. The Labute approximate surface area is 149 Å². The summed E-state index contributed by atoms with van der Waals surface area (Å²) in [4.78, 5) is 27.0. The third-order valence-electron chi connectivity index (χ3n) is 4.52. The molecule has 5 heteroatoms. The van der Waals surface area contributed by atoms with Crippen molar-refractivity contribution in [3.63, 3.8) is 0 Å². The minimum absolute atomic E-state index is 0.0748. The van der Waals surface area contributed by atoms with Crippen molar-refractivity contribution in [2.24, 2.45) is 11.3 Å². The van der Waals surface area contributed by atoms with Crippen LogP contribution in [-0.4, -0.2) is 36.5 Å². The minimum Gasteiger partial charge on any atom is -0.466 e. The summed E-state index contributed by atoms with van der Waals surface area (Å²) in [7, 11) is 0. The zero-order valence-electron chi connectivity index (χ0n) is 14.7. The van der Waals surface area contributed by atoms with Crippen molar-refractivity contribution in [1.29, 1.82) is 0 Å². The molecule has 0 N–H and O–H groups in total. The predicted octanol–water partition coefficient (Wildman–Crippen LogP) is 3.71. The number of carbonyl (C=O) groups excluding carboxylic acids is 2. The highest BCUT2D eigenvalue weighted by Gasteiger charge is 2.45. The van der Waals surface area contributed by atoms with Crippen LogP contribution in [0.25, 0.3) is 0 Å². The van der Waals surface area contributed by atoms with E-state index >= 15 is 0 Å². The van der Waals surface area contributed by atoms with E-state index in [1.165, 1.54) is 0 Å². The van der Waals surface area contributed by atoms with Crippen LogP contribution in [0, 0.1) is 11.3 Å². The van der Waals surface area contributed by atoms with E-state index < -0.39 is 5.41 Å². The fraction of sp³-hybridized carbons (Fsp3) is 0.579. The zero-order chi connectivity index (χ0) is 17.7. The van der Waals surface area contributed by atoms with Gasteiger partial charge in [0.1, 0.15) is 0 Å². The highest BCUT2D eigenvalue weighted by atomic mass is 35.5. The van der Waals surface area contributed by atoms with E-state index in [1.54, 1.807) is 0 Å². The number of ether oxygens (including phenoxy) is 1. The Morgan fingerprint density at radius 2 is 2.12 bits per heavy atom. The Balaban J connectivity index is 2.29. The second-order valence-corrected chi connectivity index (χ2v) is 7.26. The first-order chi connectivity index (χ1) is 11.4. The van der Waals surface area contributed by atoms with Crippen LogP contribution in [0.3, 0.4) is 0 Å². The first-order valence-electron chi connectivity index (χ1n) is 8.58. The van der Waals surface area contributed by atoms with Crippen LogP contribution in [-0.2, 0) is 20.7 Å². The van der Waals surface area contributed by atoms with Gasteiger partial charge in [-0.25, -0.2) is 0 Å². The number of rotatable bonds is 5. The number of esters is 1. The van der Waals surface area contributed by atoms with Crippen LogP contribution in [0.5, 0.6) is 0 Å². The standard InChI is InChI=1S/C19H26ClNO3/c1-4-24-18(23)19(12-15-7-5-8-16(20)11-15)9-6-10-21(13-19)17(22)14(2)3/h5,7-8,11,14H,4,6,9-10,12-13H2,1-3H3/t19-/m1/s1. The van der Waals surface area contributed by atoms with Gasteiger partial charge in [-0.3, -0.25) is 9.59 Å². The molecule has 1 atom stereocenters. The van der Waals surface area contributed by atoms with Crippen molar-refractivity contribution in [2.75, 3.05) is 19.7 Å². The Morgan fingerprint density at radius 3 is 2.75 bits per heavy atom. The predicted molar refractivity (Wildman–Crippen MR) is 94.9 cm³/mol. The van der Waals surface area contributed by atoms with Gasteiger partial charge >= 0.3 is 5.97 Å². The maximum Gasteiger partial charge on any atom is 0.314 e. The molecule has 2 rings (SSSR count). The number of nitrogens with zero attached hydrogens (tertiary/aromatic N) is 1. The maximum atomic E-state index is 12.8. The van der Waals surface area contributed by atoms with Crippen molar-refractivity contribution in [2.45, 2.75) is 40.0 Å². The van der Waals surface area contributed by atoms with Crippen molar-refractivity contribution in [1.82, 2.24) is 4.90 Å². The van der Waals surface area contributed by atoms with Gasteiger partial charge in [-0.05, 0) is 43.9 Å². The molecule has 0 unspecified atom stereocenters. The fourth-order valence-electron chi connectivity index (χ4n) is 3.39. The molecule has 1 aliphatic rings. The molecule has 1 amide bonds. The third-order valence-corrected chi connectivity index (χ3v) is 4.76. The Kier molecular flexibility index (Phi) is 6.27. The van der Waals surface area contributed by atoms with Crippen LogP contribution in [0.2, 0.25) is 5.02 Å². The van der Waals surface area contributed by atoms with Gasteiger partial charge in [0.05, 0.1) is 12.0 Å². The van der Waals surface area contributed by atoms with Crippen molar-refractivity contribution in [3.05, 3.63) is 34.9 Å². The Hall–Kier alpha value is -1.55. The van der Waals surface area contributed by atoms with E-state index in [1.807, 2.05) is 49.9 Å². The molecule has 0 spiro atoms. The lowest BCUT2D eigenvalue weighted by Crippen LogP contribution is -2.52. The molecule has 0 radical (unpaired) electrons. The molecule has 1 heterocycles. The molecule has 0 bridgehead atoms. The van der Waals surface area contributed by atoms with Gasteiger partial charge in [0.2, 0.25) is 5.91 Å². The lowest BCUT2D eigenvalue weighted by Gasteiger charge is -2.41. The number of carbonyl (C=O) groups is 2. The molecule has 0 aliphatic carbocycles. The van der Waals surface area contributed by atoms with Crippen molar-refractivity contribution in [3.8, 4) is 0 Å². The summed E-state index contributed by atoms with van der Waals surface area (Å²) in [6.07, 6.45) is 2.06. The quantitative estimate of drug-likeness (QED) is 0.760. The summed E-state index contributed by atoms with van der Waals surface area (Å²) in [5.41, 5.74) is 0.304. The molecule has 1 fully saturated rings. The molecule has 4 nitrogen and oxygen atoms in total. The summed E-state index contributed by atoms with van der Waals surface area (Å²) >= 11 is 6.09. The van der Waals surface area contributed by atoms with Gasteiger partial charge in [-0.2, -0.15) is 0 Å². The van der Waals surface area contributed by atoms with Crippen LogP contribution >= 0.6 is 11.6 Å². The topological polar surface area (TPSA) is 46.6 Å². The Bertz CT molecular complexity index is 602. The molecule has 1 saturated heterocycles. The first-order valence-corrected chi connectivity index (χ1v) is 8.96. The normalized spacial score (nSPS) is 21.0. The van der Waals surface area contributed by atoms with E-state index in [9.17, 15) is 9.59 Å². The first kappa shape index (κ1) is 18.8. The SMILES string of the molecule is CCOC(=O)[C@@]1(Cc2cccc(Cl)c2)CCCN(C(=O)C(C)C)C1. The second kappa shape index (κ2) is 8.02. The lowest BCUT2D eigenvalue weighted by atomic mass is 9.75. The van der Waals surface area contributed by atoms with Crippen LogP contribution in [0.4, 0.5) is 0 Å². The molecule has 0 saturated carbocycles. The smallest absolute Gasteiger partial charge is 0.314 e. The summed E-state index contributed by atoms with van der Waals surface area (Å²) in [6, 6.07) is 7.55. The number of hydrogen-bond donors (Lipinski definition) is 0. The highest BCUT2D eigenvalue weighted by Crippen LogP contribution is 2.36. The number of likely N-dealkylation sites (tertiary alicyclic amines) is 1. The molecule has 1 aliphatic heterocycles. The molecular weight excluding hydrogens is 326 g/mol. The largest absolute Gasteiger partial charge is 0.466 e. The van der Waals surface area contributed by atoms with E-state index in [4.69, 9.17) is 16.3 Å². The molecule has 0 aromatic heterocycles. The monoisotopic (exact) mass is 351 g/mol. The van der Waals surface area contributed by atoms with Gasteiger partial charge < -0.3 is 9.64 Å². The molecule has 24 heavy (non-hydrogen) atoms. The number of hydrogen-bond acceptors (Lipinski definition) is 3. The van der Waals surface area contributed by atoms with Gasteiger partial charge in [0.25, 0.3) is 0 Å². The van der Waals surface area contributed by atoms with Gasteiger partial charge in [0, 0.05) is 24.0 Å². The average molecular weight is 352 g/mol. The lowest BCUT2D eigenvalue weighted by molar-refractivity contribution is -0.161. The van der Waals surface area contributed by atoms with Crippen molar-refractivity contribution < 1.29 is 14.3 Å². The van der Waals surface area contributed by atoms with E-state index in [0.29, 0.717) is 31.1 Å². The molecule has 1 aromatic rings. The average Bonchev–Trinajstić information content (AvgIpc) is 2.54. The molecule has 132 valence electrons. The fourth-order valence-corrected chi connectivity index (χ4v) is 3.60. The zero-order valence-corrected chi connectivity index (χ0v) is 15.4. The van der Waals surface area contributed by atoms with Crippen molar-refractivity contribution >= 4 is 23.5 Å². The molecule has 1 aromatic carbocycles. The summed E-state index contributed by atoms with van der Waals surface area (Å²) in [5.74, 6) is -0.199. The summed E-state index contributed by atoms with van der Waals surface area (Å²) in [5, 5.41) is 0.650. The van der Waals surface area contributed by atoms with Gasteiger partial charge in [-0.1, -0.05) is 37.6 Å².